The van der Waals surface area contributed by atoms with Gasteiger partial charge in [-0.15, -0.1) is 10.2 Å². The zero-order valence-corrected chi connectivity index (χ0v) is 9.52. The first-order valence-electron chi connectivity index (χ1n) is 5.97. The van der Waals surface area contributed by atoms with Crippen molar-refractivity contribution in [1.82, 2.24) is 25.1 Å². The lowest BCUT2D eigenvalue weighted by atomic mass is 9.96. The maximum atomic E-state index is 11.3. The van der Waals surface area contributed by atoms with Gasteiger partial charge in [-0.25, -0.2) is 4.52 Å². The summed E-state index contributed by atoms with van der Waals surface area (Å²) in [6.07, 6.45) is 3.27. The van der Waals surface area contributed by atoms with Crippen molar-refractivity contribution in [2.45, 2.75) is 19.3 Å². The van der Waals surface area contributed by atoms with Crippen molar-refractivity contribution in [2.75, 3.05) is 13.1 Å². The maximum Gasteiger partial charge on any atom is 0.263 e. The Hall–Kier alpha value is -1.69. The Morgan fingerprint density at radius 3 is 3.18 bits per heavy atom. The number of nitrogens with one attached hydrogen (secondary N) is 2. The lowest BCUT2D eigenvalue weighted by Gasteiger charge is -2.21. The van der Waals surface area contributed by atoms with Gasteiger partial charge in [-0.3, -0.25) is 9.89 Å². The number of rotatable bonds is 2. The van der Waals surface area contributed by atoms with Crippen molar-refractivity contribution < 1.29 is 0 Å². The van der Waals surface area contributed by atoms with Crippen LogP contribution < -0.4 is 10.9 Å². The second-order valence-electron chi connectivity index (χ2n) is 4.54. The highest BCUT2D eigenvalue weighted by atomic mass is 16.1. The lowest BCUT2D eigenvalue weighted by Crippen LogP contribution is -2.31. The molecule has 0 radical (unpaired) electrons. The van der Waals surface area contributed by atoms with Crippen molar-refractivity contribution in [3.8, 4) is 0 Å². The van der Waals surface area contributed by atoms with E-state index < -0.39 is 0 Å². The van der Waals surface area contributed by atoms with Crippen LogP contribution in [0.15, 0.2) is 16.9 Å². The molecule has 3 heterocycles. The summed E-state index contributed by atoms with van der Waals surface area (Å²) in [5.74, 6) is 1.42. The van der Waals surface area contributed by atoms with E-state index in [1.54, 1.807) is 10.6 Å². The smallest absolute Gasteiger partial charge is 0.263 e. The number of H-pyrrole nitrogens is 1. The van der Waals surface area contributed by atoms with Crippen LogP contribution in [0.25, 0.3) is 5.65 Å². The van der Waals surface area contributed by atoms with Gasteiger partial charge in [0, 0.05) is 12.5 Å². The summed E-state index contributed by atoms with van der Waals surface area (Å²) in [5.41, 5.74) is 0.573. The van der Waals surface area contributed by atoms with Crippen molar-refractivity contribution in [3.05, 3.63) is 28.3 Å². The van der Waals surface area contributed by atoms with E-state index in [0.29, 0.717) is 11.6 Å². The Balaban J connectivity index is 1.89. The molecule has 6 heteroatoms. The molecule has 0 spiro atoms. The molecule has 0 amide bonds. The Bertz CT molecular complexity index is 566. The summed E-state index contributed by atoms with van der Waals surface area (Å²) in [6, 6.07) is 3.16. The fraction of sp³-hybridized carbons (Fsp3) is 0.545. The van der Waals surface area contributed by atoms with E-state index in [9.17, 15) is 4.79 Å². The number of fused-ring (bicyclic) bond motifs is 1. The average molecular weight is 233 g/mol. The zero-order valence-electron chi connectivity index (χ0n) is 9.52. The Kier molecular flexibility index (Phi) is 2.64. The monoisotopic (exact) mass is 233 g/mol. The summed E-state index contributed by atoms with van der Waals surface area (Å²) in [6.45, 7) is 2.12. The fourth-order valence-corrected chi connectivity index (χ4v) is 2.35. The van der Waals surface area contributed by atoms with Crippen LogP contribution in [0.5, 0.6) is 0 Å². The van der Waals surface area contributed by atoms with E-state index in [1.807, 2.05) is 0 Å². The topological polar surface area (TPSA) is 75.1 Å². The van der Waals surface area contributed by atoms with Crippen LogP contribution in [0.1, 0.15) is 18.7 Å². The number of hydrogen-bond acceptors (Lipinski definition) is 4. The molecule has 1 atom stereocenters. The number of piperidine rings is 1. The van der Waals surface area contributed by atoms with Crippen molar-refractivity contribution in [3.63, 3.8) is 0 Å². The second kappa shape index (κ2) is 4.29. The third kappa shape index (κ3) is 2.08. The lowest BCUT2D eigenvalue weighted by molar-refractivity contribution is 0.368. The molecule has 1 aliphatic rings. The predicted molar refractivity (Wildman–Crippen MR) is 62.9 cm³/mol. The Morgan fingerprint density at radius 2 is 2.35 bits per heavy atom. The largest absolute Gasteiger partial charge is 0.316 e. The number of nitrogens with zero attached hydrogens (tertiary/aromatic N) is 3. The van der Waals surface area contributed by atoms with Crippen LogP contribution in [0, 0.1) is 5.92 Å². The molecule has 1 fully saturated rings. The van der Waals surface area contributed by atoms with Gasteiger partial charge >= 0.3 is 0 Å². The third-order valence-electron chi connectivity index (χ3n) is 3.23. The standard InChI is InChI=1S/C11H15N5O/c17-11-4-3-9-13-14-10(16(9)15-11)6-8-2-1-5-12-7-8/h3-4,8,12H,1-2,5-7H2,(H,15,17). The fourth-order valence-electron chi connectivity index (χ4n) is 2.35. The van der Waals surface area contributed by atoms with Gasteiger partial charge in [0.15, 0.2) is 11.5 Å². The molecule has 6 nitrogen and oxygen atoms in total. The summed E-state index contributed by atoms with van der Waals surface area (Å²) in [5, 5.41) is 14.3. The van der Waals surface area contributed by atoms with Crippen molar-refractivity contribution in [2.24, 2.45) is 5.92 Å². The minimum Gasteiger partial charge on any atom is -0.316 e. The minimum absolute atomic E-state index is 0.125. The quantitative estimate of drug-likeness (QED) is 0.763. The first-order chi connectivity index (χ1) is 8.33. The molecule has 3 rings (SSSR count). The number of aromatic amines is 1. The maximum absolute atomic E-state index is 11.3. The van der Waals surface area contributed by atoms with Gasteiger partial charge in [0.25, 0.3) is 5.56 Å². The van der Waals surface area contributed by atoms with Crippen LogP contribution in [-0.4, -0.2) is 32.9 Å². The van der Waals surface area contributed by atoms with Gasteiger partial charge in [0.1, 0.15) is 0 Å². The molecule has 1 saturated heterocycles. The Labute approximate surface area is 98.0 Å². The van der Waals surface area contributed by atoms with Gasteiger partial charge < -0.3 is 5.32 Å². The second-order valence-corrected chi connectivity index (χ2v) is 4.54. The molecule has 0 aromatic carbocycles. The highest BCUT2D eigenvalue weighted by molar-refractivity contribution is 5.34. The van der Waals surface area contributed by atoms with Crippen LogP contribution >= 0.6 is 0 Å². The van der Waals surface area contributed by atoms with Gasteiger partial charge in [0.2, 0.25) is 0 Å². The van der Waals surface area contributed by atoms with Gasteiger partial charge in [0.05, 0.1) is 0 Å². The normalized spacial score (nSPS) is 20.8. The van der Waals surface area contributed by atoms with Gasteiger partial charge in [-0.2, -0.15) is 0 Å². The van der Waals surface area contributed by atoms with Crippen molar-refractivity contribution >= 4 is 5.65 Å². The van der Waals surface area contributed by atoms with Crippen LogP contribution in [0.2, 0.25) is 0 Å². The predicted octanol–water partition coefficient (Wildman–Crippen LogP) is -0.0403. The van der Waals surface area contributed by atoms with Gasteiger partial charge in [-0.05, 0) is 37.9 Å². The Morgan fingerprint density at radius 1 is 1.41 bits per heavy atom. The first-order valence-corrected chi connectivity index (χ1v) is 5.97. The average Bonchev–Trinajstić information content (AvgIpc) is 2.73. The summed E-state index contributed by atoms with van der Waals surface area (Å²) in [4.78, 5) is 11.3. The molecule has 2 aromatic rings. The SMILES string of the molecule is O=c1ccc2nnc(CC3CCCNC3)n2[nH]1. The first kappa shape index (κ1) is 10.5. The molecule has 2 aromatic heterocycles. The molecule has 17 heavy (non-hydrogen) atoms. The minimum atomic E-state index is -0.125. The van der Waals surface area contributed by atoms with Crippen LogP contribution in [-0.2, 0) is 6.42 Å². The van der Waals surface area contributed by atoms with Crippen LogP contribution in [0.4, 0.5) is 0 Å². The number of aromatic nitrogens is 4. The molecule has 1 aliphatic heterocycles. The van der Waals surface area contributed by atoms with Crippen LogP contribution in [0.3, 0.4) is 0 Å². The van der Waals surface area contributed by atoms with Crippen molar-refractivity contribution in [1.29, 1.82) is 0 Å². The van der Waals surface area contributed by atoms with Gasteiger partial charge in [-0.1, -0.05) is 0 Å². The molecule has 0 aliphatic carbocycles. The third-order valence-corrected chi connectivity index (χ3v) is 3.23. The molecular weight excluding hydrogens is 218 g/mol. The summed E-state index contributed by atoms with van der Waals surface area (Å²) >= 11 is 0. The van der Waals surface area contributed by atoms with E-state index in [-0.39, 0.29) is 5.56 Å². The molecule has 2 N–H and O–H groups in total. The molecule has 0 saturated carbocycles. The van der Waals surface area contributed by atoms with E-state index >= 15 is 0 Å². The van der Waals surface area contributed by atoms with E-state index in [1.165, 1.54) is 18.9 Å². The molecule has 90 valence electrons. The molecular formula is C11H15N5O. The van der Waals surface area contributed by atoms with E-state index in [0.717, 1.165) is 25.3 Å². The molecule has 1 unspecified atom stereocenters. The molecule has 0 bridgehead atoms. The summed E-state index contributed by atoms with van der Waals surface area (Å²) in [7, 11) is 0. The zero-order chi connectivity index (χ0) is 11.7. The van der Waals surface area contributed by atoms with E-state index in [2.05, 4.69) is 20.6 Å². The summed E-state index contributed by atoms with van der Waals surface area (Å²) < 4.78 is 1.69. The highest BCUT2D eigenvalue weighted by Crippen LogP contribution is 2.15. The number of hydrogen-bond donors (Lipinski definition) is 2. The highest BCUT2D eigenvalue weighted by Gasteiger charge is 2.16. The van der Waals surface area contributed by atoms with E-state index in [4.69, 9.17) is 0 Å².